The molecule has 1 aliphatic rings. The summed E-state index contributed by atoms with van der Waals surface area (Å²) in [5.41, 5.74) is 1.55. The molecule has 0 saturated heterocycles. The minimum absolute atomic E-state index is 0.706. The van der Waals surface area contributed by atoms with Gasteiger partial charge in [0.2, 0.25) is 0 Å². The lowest BCUT2D eigenvalue weighted by Crippen LogP contribution is -1.97. The average molecular weight is 154 g/mol. The molecule has 0 heterocycles. The lowest BCUT2D eigenvalue weighted by Gasteiger charge is -2.14. The van der Waals surface area contributed by atoms with E-state index >= 15 is 0 Å². The van der Waals surface area contributed by atoms with E-state index in [1.807, 2.05) is 0 Å². The summed E-state index contributed by atoms with van der Waals surface area (Å²) < 4.78 is 0. The van der Waals surface area contributed by atoms with Gasteiger partial charge in [-0.15, -0.1) is 12.6 Å². The summed E-state index contributed by atoms with van der Waals surface area (Å²) in [5.74, 6) is 0.706. The van der Waals surface area contributed by atoms with Crippen LogP contribution in [0.2, 0.25) is 0 Å². The first kappa shape index (κ1) is 7.93. The maximum Gasteiger partial charge on any atom is -0.0181 e. The Morgan fingerprint density at radius 1 is 1.30 bits per heavy atom. The van der Waals surface area contributed by atoms with E-state index in [4.69, 9.17) is 0 Å². The molecule has 0 radical (unpaired) electrons. The van der Waals surface area contributed by atoms with Crippen molar-refractivity contribution in [3.8, 4) is 0 Å². The zero-order valence-electron chi connectivity index (χ0n) is 6.59. The molecule has 1 aliphatic carbocycles. The molecule has 1 heteroatoms. The van der Waals surface area contributed by atoms with Gasteiger partial charge < -0.3 is 0 Å². The third-order valence-corrected chi connectivity index (χ3v) is 2.27. The van der Waals surface area contributed by atoms with Crippen LogP contribution >= 0.6 is 12.6 Å². The van der Waals surface area contributed by atoms with Gasteiger partial charge in [-0.25, -0.2) is 0 Å². The van der Waals surface area contributed by atoms with Crippen molar-refractivity contribution in [2.75, 3.05) is 0 Å². The molecule has 0 nitrogen and oxygen atoms in total. The number of hydrogen-bond acceptors (Lipinski definition) is 1. The molecule has 0 amide bonds. The molecule has 0 bridgehead atoms. The zero-order chi connectivity index (χ0) is 7.56. The first-order valence-corrected chi connectivity index (χ1v) is 4.23. The Hall–Kier alpha value is -0.170. The highest BCUT2D eigenvalue weighted by molar-refractivity contribution is 7.84. The van der Waals surface area contributed by atoms with Crippen LogP contribution in [0.25, 0.3) is 0 Å². The standard InChI is InChI=1S/C9H14S/c1-7(2)8-3-5-9(10)6-4-8/h3,5,7,10H,4,6H2,1-2H3. The Kier molecular flexibility index (Phi) is 2.61. The maximum atomic E-state index is 4.29. The first-order valence-electron chi connectivity index (χ1n) is 3.78. The molecular weight excluding hydrogens is 140 g/mol. The van der Waals surface area contributed by atoms with Crippen LogP contribution in [0.5, 0.6) is 0 Å². The fraction of sp³-hybridized carbons (Fsp3) is 0.556. The van der Waals surface area contributed by atoms with Crippen LogP contribution in [0, 0.1) is 5.92 Å². The molecule has 0 aromatic rings. The predicted octanol–water partition coefficient (Wildman–Crippen LogP) is 3.18. The van der Waals surface area contributed by atoms with Crippen molar-refractivity contribution >= 4 is 12.6 Å². The van der Waals surface area contributed by atoms with Gasteiger partial charge >= 0.3 is 0 Å². The molecule has 0 aromatic carbocycles. The monoisotopic (exact) mass is 154 g/mol. The van der Waals surface area contributed by atoms with Crippen LogP contribution in [0.4, 0.5) is 0 Å². The summed E-state index contributed by atoms with van der Waals surface area (Å²) in [4.78, 5) is 1.21. The second-order valence-electron chi connectivity index (χ2n) is 3.05. The molecule has 0 spiro atoms. The minimum Gasteiger partial charge on any atom is -0.148 e. The van der Waals surface area contributed by atoms with E-state index in [-0.39, 0.29) is 0 Å². The minimum atomic E-state index is 0.706. The fourth-order valence-electron chi connectivity index (χ4n) is 1.12. The van der Waals surface area contributed by atoms with Gasteiger partial charge in [-0.2, -0.15) is 0 Å². The van der Waals surface area contributed by atoms with Crippen molar-refractivity contribution in [3.05, 3.63) is 22.6 Å². The number of rotatable bonds is 1. The van der Waals surface area contributed by atoms with Crippen LogP contribution in [-0.4, -0.2) is 0 Å². The summed E-state index contributed by atoms with van der Waals surface area (Å²) in [6, 6.07) is 0. The van der Waals surface area contributed by atoms with Gasteiger partial charge in [-0.05, 0) is 23.7 Å². The Morgan fingerprint density at radius 3 is 2.40 bits per heavy atom. The summed E-state index contributed by atoms with van der Waals surface area (Å²) in [5, 5.41) is 0. The van der Waals surface area contributed by atoms with Crippen LogP contribution in [0.15, 0.2) is 22.6 Å². The van der Waals surface area contributed by atoms with Crippen LogP contribution < -0.4 is 0 Å². The van der Waals surface area contributed by atoms with E-state index < -0.39 is 0 Å². The Bertz CT molecular complexity index is 175. The topological polar surface area (TPSA) is 0 Å². The van der Waals surface area contributed by atoms with Crippen molar-refractivity contribution in [1.29, 1.82) is 0 Å². The van der Waals surface area contributed by atoms with Gasteiger partial charge in [0.05, 0.1) is 0 Å². The lowest BCUT2D eigenvalue weighted by atomic mass is 9.95. The smallest absolute Gasteiger partial charge is 0.0181 e. The summed E-state index contributed by atoms with van der Waals surface area (Å²) in [7, 11) is 0. The zero-order valence-corrected chi connectivity index (χ0v) is 7.49. The number of thiol groups is 1. The SMILES string of the molecule is CC(C)C1=CC=C(S)CC1. The van der Waals surface area contributed by atoms with Gasteiger partial charge in [-0.3, -0.25) is 0 Å². The quantitative estimate of drug-likeness (QED) is 0.551. The second kappa shape index (κ2) is 3.29. The van der Waals surface area contributed by atoms with Crippen LogP contribution in [0.1, 0.15) is 26.7 Å². The summed E-state index contributed by atoms with van der Waals surface area (Å²) >= 11 is 4.29. The first-order chi connectivity index (χ1) is 4.70. The van der Waals surface area contributed by atoms with E-state index in [0.29, 0.717) is 5.92 Å². The lowest BCUT2D eigenvalue weighted by molar-refractivity contribution is 0.708. The molecule has 0 aliphatic heterocycles. The van der Waals surface area contributed by atoms with Crippen molar-refractivity contribution in [2.45, 2.75) is 26.7 Å². The molecule has 0 fully saturated rings. The summed E-state index contributed by atoms with van der Waals surface area (Å²) in [6.07, 6.45) is 6.65. The molecule has 0 aromatic heterocycles. The van der Waals surface area contributed by atoms with Crippen LogP contribution in [0.3, 0.4) is 0 Å². The second-order valence-corrected chi connectivity index (χ2v) is 3.63. The van der Waals surface area contributed by atoms with E-state index in [2.05, 4.69) is 38.6 Å². The normalized spacial score (nSPS) is 18.8. The molecule has 1 rings (SSSR count). The third kappa shape index (κ3) is 1.91. The van der Waals surface area contributed by atoms with E-state index in [0.717, 1.165) is 6.42 Å². The summed E-state index contributed by atoms with van der Waals surface area (Å²) in [6.45, 7) is 4.48. The van der Waals surface area contributed by atoms with Crippen LogP contribution in [-0.2, 0) is 0 Å². The van der Waals surface area contributed by atoms with Crippen molar-refractivity contribution in [3.63, 3.8) is 0 Å². The van der Waals surface area contributed by atoms with E-state index in [1.165, 1.54) is 11.3 Å². The highest BCUT2D eigenvalue weighted by Crippen LogP contribution is 2.25. The maximum absolute atomic E-state index is 4.29. The third-order valence-electron chi connectivity index (χ3n) is 1.90. The highest BCUT2D eigenvalue weighted by Gasteiger charge is 2.06. The predicted molar refractivity (Wildman–Crippen MR) is 49.2 cm³/mol. The molecule has 0 unspecified atom stereocenters. The van der Waals surface area contributed by atoms with Gasteiger partial charge in [0.25, 0.3) is 0 Å². The van der Waals surface area contributed by atoms with E-state index in [9.17, 15) is 0 Å². The van der Waals surface area contributed by atoms with Crippen molar-refractivity contribution in [1.82, 2.24) is 0 Å². The average Bonchev–Trinajstić information content (AvgIpc) is 1.88. The molecule has 56 valence electrons. The molecule has 0 N–H and O–H groups in total. The Morgan fingerprint density at radius 2 is 2.00 bits per heavy atom. The van der Waals surface area contributed by atoms with Gasteiger partial charge in [-0.1, -0.05) is 31.6 Å². The fourth-order valence-corrected chi connectivity index (χ4v) is 1.31. The molecule has 0 atom stereocenters. The van der Waals surface area contributed by atoms with Crippen molar-refractivity contribution in [2.24, 2.45) is 5.92 Å². The molecule has 10 heavy (non-hydrogen) atoms. The highest BCUT2D eigenvalue weighted by atomic mass is 32.1. The van der Waals surface area contributed by atoms with Crippen molar-refractivity contribution < 1.29 is 0 Å². The number of hydrogen-bond donors (Lipinski definition) is 1. The largest absolute Gasteiger partial charge is 0.148 e. The van der Waals surface area contributed by atoms with Gasteiger partial charge in [0, 0.05) is 0 Å². The number of allylic oxidation sites excluding steroid dienone is 4. The molecular formula is C9H14S. The van der Waals surface area contributed by atoms with Gasteiger partial charge in [0.1, 0.15) is 0 Å². The Labute approximate surface area is 68.4 Å². The van der Waals surface area contributed by atoms with E-state index in [1.54, 1.807) is 5.57 Å². The Balaban J connectivity index is 2.64. The molecule has 0 saturated carbocycles. The van der Waals surface area contributed by atoms with Gasteiger partial charge in [0.15, 0.2) is 0 Å².